The van der Waals surface area contributed by atoms with Crippen LogP contribution in [0.2, 0.25) is 5.15 Å². The highest BCUT2D eigenvalue weighted by atomic mass is 35.5. The maximum absolute atomic E-state index is 13.0. The number of aryl methyl sites for hydroxylation is 2. The highest BCUT2D eigenvalue weighted by Gasteiger charge is 2.26. The van der Waals surface area contributed by atoms with Crippen LogP contribution in [-0.4, -0.2) is 25.7 Å². The number of benzene rings is 1. The number of nitrogens with one attached hydrogen (secondary N) is 2. The number of fused-ring (bicyclic) bond motifs is 1. The molecule has 0 saturated heterocycles. The number of hydrogen-bond donors (Lipinski definition) is 2. The Balaban J connectivity index is 1.87. The molecule has 3 aromatic rings. The average molecular weight is 388 g/mol. The van der Waals surface area contributed by atoms with E-state index in [2.05, 4.69) is 41.2 Å². The number of hydrogen-bond acceptors (Lipinski definition) is 3. The van der Waals surface area contributed by atoms with E-state index in [-0.39, 0.29) is 17.9 Å². The van der Waals surface area contributed by atoms with Crippen LogP contribution in [0.15, 0.2) is 24.3 Å². The largest absolute Gasteiger partial charge is 0.342 e. The molecule has 2 N–H and O–H groups in total. The van der Waals surface area contributed by atoms with Gasteiger partial charge in [-0.15, -0.1) is 0 Å². The smallest absolute Gasteiger partial charge is 0.256 e. The number of rotatable bonds is 7. The molecule has 0 aliphatic rings. The predicted molar refractivity (Wildman–Crippen MR) is 108 cm³/mol. The van der Waals surface area contributed by atoms with Crippen LogP contribution in [-0.2, 0) is 6.54 Å². The van der Waals surface area contributed by atoms with Crippen LogP contribution in [0.25, 0.3) is 11.0 Å². The zero-order chi connectivity index (χ0) is 19.6. The summed E-state index contributed by atoms with van der Waals surface area (Å²) in [4.78, 5) is 21.0. The molecule has 1 atom stereocenters. The van der Waals surface area contributed by atoms with Crippen molar-refractivity contribution in [2.24, 2.45) is 5.92 Å². The number of nitrogens with zero attached hydrogens (tertiary/aromatic N) is 3. The van der Waals surface area contributed by atoms with Crippen molar-refractivity contribution in [3.63, 3.8) is 0 Å². The Morgan fingerprint density at radius 1 is 1.33 bits per heavy atom. The Morgan fingerprint density at radius 2 is 2.07 bits per heavy atom. The molecule has 0 bridgehead atoms. The molecule has 3 rings (SSSR count). The van der Waals surface area contributed by atoms with Crippen molar-refractivity contribution >= 4 is 28.5 Å². The van der Waals surface area contributed by atoms with Gasteiger partial charge >= 0.3 is 0 Å². The van der Waals surface area contributed by atoms with Crippen molar-refractivity contribution in [2.45, 2.75) is 53.1 Å². The molecule has 0 aliphatic heterocycles. The molecule has 0 radical (unpaired) electrons. The molecule has 1 aromatic carbocycles. The molecule has 2 heterocycles. The van der Waals surface area contributed by atoms with Gasteiger partial charge in [0.2, 0.25) is 0 Å². The minimum atomic E-state index is -0.251. The third-order valence-corrected chi connectivity index (χ3v) is 5.06. The molecule has 0 spiro atoms. The first-order valence-electron chi connectivity index (χ1n) is 9.40. The summed E-state index contributed by atoms with van der Waals surface area (Å²) < 4.78 is 1.71. The van der Waals surface area contributed by atoms with Crippen molar-refractivity contribution in [1.82, 2.24) is 25.1 Å². The number of aromatic nitrogens is 4. The minimum absolute atomic E-state index is 0.156. The lowest BCUT2D eigenvalue weighted by atomic mass is 10.0. The number of amides is 1. The summed E-state index contributed by atoms with van der Waals surface area (Å²) >= 11 is 6.45. The topological polar surface area (TPSA) is 75.6 Å². The normalized spacial score (nSPS) is 12.7. The third kappa shape index (κ3) is 4.00. The van der Waals surface area contributed by atoms with Crippen molar-refractivity contribution in [2.75, 3.05) is 0 Å². The van der Waals surface area contributed by atoms with Crippen LogP contribution in [0, 0.1) is 12.8 Å². The number of aromatic amines is 1. The van der Waals surface area contributed by atoms with Crippen molar-refractivity contribution in [3.05, 3.63) is 46.5 Å². The lowest BCUT2D eigenvalue weighted by molar-refractivity contribution is 0.0923. The standard InChI is InChI=1S/C20H26ClN5O/c1-5-6-11-26-18(21)16(13(4)25-26)20(27)24-17(12(2)3)19-22-14-9-7-8-10-15(14)23-19/h7-10,12,17H,5-6,11H2,1-4H3,(H,22,23)(H,24,27)/t17-/m1/s1. The van der Waals surface area contributed by atoms with Gasteiger partial charge in [0, 0.05) is 6.54 Å². The Bertz CT molecular complexity index is 910. The van der Waals surface area contributed by atoms with E-state index in [9.17, 15) is 4.79 Å². The van der Waals surface area contributed by atoms with Gasteiger partial charge in [-0.25, -0.2) is 4.98 Å². The summed E-state index contributed by atoms with van der Waals surface area (Å²) in [5.74, 6) is 0.676. The number of para-hydroxylation sites is 2. The molecule has 1 amide bonds. The van der Waals surface area contributed by atoms with Crippen LogP contribution in [0.3, 0.4) is 0 Å². The first-order valence-corrected chi connectivity index (χ1v) is 9.78. The van der Waals surface area contributed by atoms with Crippen molar-refractivity contribution in [3.8, 4) is 0 Å². The summed E-state index contributed by atoms with van der Waals surface area (Å²) in [7, 11) is 0. The molecular weight excluding hydrogens is 362 g/mol. The molecule has 0 saturated carbocycles. The molecule has 0 fully saturated rings. The number of carbonyl (C=O) groups is 1. The second-order valence-corrected chi connectivity index (χ2v) is 7.52. The maximum atomic E-state index is 13.0. The van der Waals surface area contributed by atoms with Crippen LogP contribution in [0.4, 0.5) is 0 Å². The first-order chi connectivity index (χ1) is 12.9. The van der Waals surface area contributed by atoms with Gasteiger partial charge in [-0.1, -0.05) is 50.9 Å². The fourth-order valence-electron chi connectivity index (χ4n) is 3.15. The number of unbranched alkanes of at least 4 members (excludes halogenated alkanes) is 1. The van der Waals surface area contributed by atoms with Gasteiger partial charge in [-0.3, -0.25) is 9.48 Å². The average Bonchev–Trinajstić information content (AvgIpc) is 3.17. The van der Waals surface area contributed by atoms with Gasteiger partial charge < -0.3 is 10.3 Å². The Labute approximate surface area is 164 Å². The fraction of sp³-hybridized carbons (Fsp3) is 0.450. The zero-order valence-corrected chi connectivity index (χ0v) is 17.0. The predicted octanol–water partition coefficient (Wildman–Crippen LogP) is 4.65. The summed E-state index contributed by atoms with van der Waals surface area (Å²) in [5.41, 5.74) is 2.92. The second kappa shape index (κ2) is 8.13. The Morgan fingerprint density at radius 3 is 2.74 bits per heavy atom. The Kier molecular flexibility index (Phi) is 5.85. The van der Waals surface area contributed by atoms with Crippen molar-refractivity contribution < 1.29 is 4.79 Å². The van der Waals surface area contributed by atoms with Crippen LogP contribution < -0.4 is 5.32 Å². The molecule has 144 valence electrons. The van der Waals surface area contributed by atoms with Gasteiger partial charge in [-0.05, 0) is 31.4 Å². The van der Waals surface area contributed by atoms with Gasteiger partial charge in [-0.2, -0.15) is 5.10 Å². The number of carbonyl (C=O) groups excluding carboxylic acids is 1. The molecule has 27 heavy (non-hydrogen) atoms. The number of imidazole rings is 1. The van der Waals surface area contributed by atoms with E-state index in [0.717, 1.165) is 29.7 Å². The highest BCUT2D eigenvalue weighted by Crippen LogP contribution is 2.25. The van der Waals surface area contributed by atoms with Gasteiger partial charge in [0.25, 0.3) is 5.91 Å². The van der Waals surface area contributed by atoms with Crippen LogP contribution in [0.5, 0.6) is 0 Å². The van der Waals surface area contributed by atoms with Gasteiger partial charge in [0.1, 0.15) is 11.0 Å². The lowest BCUT2D eigenvalue weighted by Crippen LogP contribution is -2.33. The monoisotopic (exact) mass is 387 g/mol. The van der Waals surface area contributed by atoms with E-state index in [1.54, 1.807) is 4.68 Å². The van der Waals surface area contributed by atoms with Crippen molar-refractivity contribution in [1.29, 1.82) is 0 Å². The van der Waals surface area contributed by atoms with E-state index in [1.165, 1.54) is 0 Å². The van der Waals surface area contributed by atoms with E-state index in [0.29, 0.717) is 23.0 Å². The summed E-state index contributed by atoms with van der Waals surface area (Å²) in [6, 6.07) is 7.58. The van der Waals surface area contributed by atoms with E-state index in [4.69, 9.17) is 11.6 Å². The first kappa shape index (κ1) is 19.4. The van der Waals surface area contributed by atoms with Gasteiger partial charge in [0.05, 0.1) is 28.3 Å². The minimum Gasteiger partial charge on any atom is -0.342 e. The maximum Gasteiger partial charge on any atom is 0.256 e. The fourth-order valence-corrected chi connectivity index (χ4v) is 3.50. The quantitative estimate of drug-likeness (QED) is 0.619. The van der Waals surface area contributed by atoms with E-state index < -0.39 is 0 Å². The summed E-state index contributed by atoms with van der Waals surface area (Å²) in [5, 5.41) is 7.91. The SMILES string of the molecule is CCCCn1nc(C)c(C(=O)N[C@@H](c2nc3ccccc3[nH]2)C(C)C)c1Cl. The summed E-state index contributed by atoms with van der Waals surface area (Å²) in [6.45, 7) is 8.74. The van der Waals surface area contributed by atoms with E-state index >= 15 is 0 Å². The number of halogens is 1. The molecule has 0 aliphatic carbocycles. The highest BCUT2D eigenvalue weighted by molar-refractivity contribution is 6.33. The van der Waals surface area contributed by atoms with Gasteiger partial charge in [0.15, 0.2) is 0 Å². The lowest BCUT2D eigenvalue weighted by Gasteiger charge is -2.20. The summed E-state index contributed by atoms with van der Waals surface area (Å²) in [6.07, 6.45) is 2.01. The molecule has 7 heteroatoms. The molecule has 6 nitrogen and oxygen atoms in total. The molecular formula is C20H26ClN5O. The van der Waals surface area contributed by atoms with E-state index in [1.807, 2.05) is 31.2 Å². The Hall–Kier alpha value is -2.34. The third-order valence-electron chi connectivity index (χ3n) is 4.67. The van der Waals surface area contributed by atoms with Crippen LogP contribution in [0.1, 0.15) is 61.5 Å². The number of H-pyrrole nitrogens is 1. The molecule has 0 unspecified atom stereocenters. The zero-order valence-electron chi connectivity index (χ0n) is 16.2. The van der Waals surface area contributed by atoms with Crippen LogP contribution >= 0.6 is 11.6 Å². The molecule has 2 aromatic heterocycles. The second-order valence-electron chi connectivity index (χ2n) is 7.16.